The second kappa shape index (κ2) is 9.55. The Hall–Kier alpha value is -1.11. The summed E-state index contributed by atoms with van der Waals surface area (Å²) in [6.07, 6.45) is 3.88. The maximum atomic E-state index is 5.53. The molecule has 2 N–H and O–H groups in total. The first-order valence-corrected chi connectivity index (χ1v) is 10.6. The standard InChI is InChI=1S/C19H32N4OS/c1-3-6-15-13-16(15)22-19(20-4-2)21-14-17(18-7-5-12-25-18)23-8-10-24-11-9-23/h5,7,12,15-17H,3-4,6,8-11,13-14H2,1-2H3,(H2,20,21,22). The van der Waals surface area contributed by atoms with E-state index < -0.39 is 0 Å². The molecule has 1 aliphatic carbocycles. The van der Waals surface area contributed by atoms with Crippen LogP contribution in [0.5, 0.6) is 0 Å². The second-order valence-corrected chi connectivity index (χ2v) is 7.91. The third-order valence-corrected chi connectivity index (χ3v) is 6.00. The number of morpholine rings is 1. The third-order valence-electron chi connectivity index (χ3n) is 5.03. The number of aliphatic imine (C=N–C) groups is 1. The molecule has 3 atom stereocenters. The van der Waals surface area contributed by atoms with E-state index in [9.17, 15) is 0 Å². The smallest absolute Gasteiger partial charge is 0.191 e. The van der Waals surface area contributed by atoms with Gasteiger partial charge in [0, 0.05) is 30.6 Å². The molecule has 0 bridgehead atoms. The zero-order valence-electron chi connectivity index (χ0n) is 15.5. The number of nitrogens with zero attached hydrogens (tertiary/aromatic N) is 2. The molecule has 140 valence electrons. The Morgan fingerprint density at radius 3 is 2.92 bits per heavy atom. The van der Waals surface area contributed by atoms with E-state index in [1.807, 2.05) is 11.3 Å². The minimum absolute atomic E-state index is 0.352. The van der Waals surface area contributed by atoms with Crippen molar-refractivity contribution in [3.05, 3.63) is 22.4 Å². The maximum Gasteiger partial charge on any atom is 0.191 e. The van der Waals surface area contributed by atoms with Crippen LogP contribution >= 0.6 is 11.3 Å². The summed E-state index contributed by atoms with van der Waals surface area (Å²) in [4.78, 5) is 8.85. The molecular weight excluding hydrogens is 332 g/mol. The maximum absolute atomic E-state index is 5.53. The summed E-state index contributed by atoms with van der Waals surface area (Å²) in [5.41, 5.74) is 0. The van der Waals surface area contributed by atoms with Crippen LogP contribution in [0.2, 0.25) is 0 Å². The van der Waals surface area contributed by atoms with Crippen LogP contribution in [0.3, 0.4) is 0 Å². The number of ether oxygens (including phenoxy) is 1. The summed E-state index contributed by atoms with van der Waals surface area (Å²) in [7, 11) is 0. The van der Waals surface area contributed by atoms with Gasteiger partial charge >= 0.3 is 0 Å². The molecule has 2 fully saturated rings. The van der Waals surface area contributed by atoms with Crippen LogP contribution in [0.4, 0.5) is 0 Å². The molecule has 2 heterocycles. The minimum atomic E-state index is 0.352. The lowest BCUT2D eigenvalue weighted by Crippen LogP contribution is -2.42. The molecule has 1 aliphatic heterocycles. The molecule has 1 aromatic heterocycles. The first-order valence-electron chi connectivity index (χ1n) is 9.71. The van der Waals surface area contributed by atoms with Gasteiger partial charge in [0.15, 0.2) is 5.96 Å². The fraction of sp³-hybridized carbons (Fsp3) is 0.737. The number of guanidine groups is 1. The highest BCUT2D eigenvalue weighted by atomic mass is 32.1. The fourth-order valence-corrected chi connectivity index (χ4v) is 4.40. The van der Waals surface area contributed by atoms with Crippen molar-refractivity contribution in [1.29, 1.82) is 0 Å². The van der Waals surface area contributed by atoms with Crippen molar-refractivity contribution >= 4 is 17.3 Å². The minimum Gasteiger partial charge on any atom is -0.379 e. The largest absolute Gasteiger partial charge is 0.379 e. The number of rotatable bonds is 8. The number of thiophene rings is 1. The van der Waals surface area contributed by atoms with E-state index in [4.69, 9.17) is 9.73 Å². The molecule has 6 heteroatoms. The lowest BCUT2D eigenvalue weighted by atomic mass is 10.2. The summed E-state index contributed by atoms with van der Waals surface area (Å²) >= 11 is 1.83. The van der Waals surface area contributed by atoms with Crippen molar-refractivity contribution in [2.24, 2.45) is 10.9 Å². The Bertz CT molecular complexity index is 528. The molecule has 0 aromatic carbocycles. The first kappa shape index (κ1) is 18.7. The third kappa shape index (κ3) is 5.43. The first-order chi connectivity index (χ1) is 12.3. The van der Waals surface area contributed by atoms with Gasteiger partial charge in [-0.1, -0.05) is 19.4 Å². The second-order valence-electron chi connectivity index (χ2n) is 6.93. The molecule has 0 radical (unpaired) electrons. The van der Waals surface area contributed by atoms with Crippen molar-refractivity contribution in [1.82, 2.24) is 15.5 Å². The molecule has 1 aromatic rings. The topological polar surface area (TPSA) is 48.9 Å². The Labute approximate surface area is 155 Å². The lowest BCUT2D eigenvalue weighted by molar-refractivity contribution is 0.0186. The van der Waals surface area contributed by atoms with Gasteiger partial charge < -0.3 is 15.4 Å². The molecule has 3 rings (SSSR count). The van der Waals surface area contributed by atoms with Crippen LogP contribution in [-0.4, -0.2) is 56.3 Å². The van der Waals surface area contributed by atoms with Gasteiger partial charge in [-0.15, -0.1) is 11.3 Å². The summed E-state index contributed by atoms with van der Waals surface area (Å²) < 4.78 is 5.53. The van der Waals surface area contributed by atoms with Crippen molar-refractivity contribution in [3.63, 3.8) is 0 Å². The molecular formula is C19H32N4OS. The quantitative estimate of drug-likeness (QED) is 0.550. The van der Waals surface area contributed by atoms with Gasteiger partial charge in [-0.3, -0.25) is 9.89 Å². The summed E-state index contributed by atoms with van der Waals surface area (Å²) in [6, 6.07) is 5.34. The molecule has 0 spiro atoms. The average molecular weight is 365 g/mol. The highest BCUT2D eigenvalue weighted by molar-refractivity contribution is 7.10. The summed E-state index contributed by atoms with van der Waals surface area (Å²) in [6.45, 7) is 9.72. The molecule has 1 saturated carbocycles. The molecule has 1 saturated heterocycles. The van der Waals surface area contributed by atoms with Gasteiger partial charge in [-0.2, -0.15) is 0 Å². The van der Waals surface area contributed by atoms with E-state index in [2.05, 4.69) is 46.9 Å². The van der Waals surface area contributed by atoms with E-state index in [-0.39, 0.29) is 0 Å². The SMILES string of the molecule is CCCC1CC1NC(=NCC(c1cccs1)N1CCOCC1)NCC. The van der Waals surface area contributed by atoms with Crippen LogP contribution < -0.4 is 10.6 Å². The van der Waals surface area contributed by atoms with Crippen LogP contribution in [0.1, 0.15) is 44.0 Å². The monoisotopic (exact) mass is 364 g/mol. The van der Waals surface area contributed by atoms with Crippen LogP contribution in [0.15, 0.2) is 22.5 Å². The molecule has 3 unspecified atom stereocenters. The van der Waals surface area contributed by atoms with Gasteiger partial charge in [0.05, 0.1) is 25.8 Å². The van der Waals surface area contributed by atoms with Crippen molar-refractivity contribution in [3.8, 4) is 0 Å². The van der Waals surface area contributed by atoms with Gasteiger partial charge in [0.2, 0.25) is 0 Å². The Morgan fingerprint density at radius 2 is 2.24 bits per heavy atom. The normalized spacial score (nSPS) is 25.6. The van der Waals surface area contributed by atoms with Crippen LogP contribution in [0, 0.1) is 5.92 Å². The Kier molecular flexibility index (Phi) is 7.13. The average Bonchev–Trinajstić information content (AvgIpc) is 3.13. The number of hydrogen-bond donors (Lipinski definition) is 2. The van der Waals surface area contributed by atoms with E-state index in [0.717, 1.165) is 51.3 Å². The zero-order chi connectivity index (χ0) is 17.5. The Morgan fingerprint density at radius 1 is 1.40 bits per heavy atom. The van der Waals surface area contributed by atoms with E-state index in [1.54, 1.807) is 0 Å². The highest BCUT2D eigenvalue weighted by Gasteiger charge is 2.36. The predicted molar refractivity (Wildman–Crippen MR) is 105 cm³/mol. The summed E-state index contributed by atoms with van der Waals surface area (Å²) in [5, 5.41) is 9.21. The van der Waals surface area contributed by atoms with Crippen LogP contribution in [0.25, 0.3) is 0 Å². The van der Waals surface area contributed by atoms with E-state index in [0.29, 0.717) is 12.1 Å². The van der Waals surface area contributed by atoms with Gasteiger partial charge in [0.1, 0.15) is 0 Å². The highest BCUT2D eigenvalue weighted by Crippen LogP contribution is 2.34. The van der Waals surface area contributed by atoms with Crippen LogP contribution in [-0.2, 0) is 4.74 Å². The van der Waals surface area contributed by atoms with Crippen molar-refractivity contribution < 1.29 is 4.74 Å². The van der Waals surface area contributed by atoms with E-state index in [1.165, 1.54) is 24.1 Å². The Balaban J connectivity index is 1.63. The van der Waals surface area contributed by atoms with Gasteiger partial charge in [-0.25, -0.2) is 0 Å². The molecule has 25 heavy (non-hydrogen) atoms. The van der Waals surface area contributed by atoms with Crippen molar-refractivity contribution in [2.45, 2.75) is 45.2 Å². The summed E-state index contributed by atoms with van der Waals surface area (Å²) in [5.74, 6) is 1.81. The van der Waals surface area contributed by atoms with Crippen molar-refractivity contribution in [2.75, 3.05) is 39.4 Å². The lowest BCUT2D eigenvalue weighted by Gasteiger charge is -2.33. The fourth-order valence-electron chi connectivity index (χ4n) is 3.54. The molecule has 5 nitrogen and oxygen atoms in total. The molecule has 2 aliphatic rings. The van der Waals surface area contributed by atoms with Gasteiger partial charge in [-0.05, 0) is 37.1 Å². The van der Waals surface area contributed by atoms with E-state index >= 15 is 0 Å². The predicted octanol–water partition coefficient (Wildman–Crippen LogP) is 2.87. The van der Waals surface area contributed by atoms with Gasteiger partial charge in [0.25, 0.3) is 0 Å². The number of nitrogens with one attached hydrogen (secondary N) is 2. The molecule has 0 amide bonds. The zero-order valence-corrected chi connectivity index (χ0v) is 16.4. The number of hydrogen-bond acceptors (Lipinski definition) is 4.